The Hall–Kier alpha value is -4.21. The number of Topliss-reactive ketones (excluding diaryl/α,β-unsaturated/α-hetero) is 1. The maximum Gasteiger partial charge on any atom is 0.301 e. The van der Waals surface area contributed by atoms with Crippen LogP contribution in [0.15, 0.2) is 101 Å². The van der Waals surface area contributed by atoms with E-state index in [1.54, 1.807) is 42.5 Å². The monoisotopic (exact) mass is 555 g/mol. The summed E-state index contributed by atoms with van der Waals surface area (Å²) in [7, 11) is 0. The van der Waals surface area contributed by atoms with Crippen LogP contribution in [-0.2, 0) is 15.3 Å². The number of hydrogen-bond donors (Lipinski definition) is 1. The molecule has 0 spiro atoms. The Balaban J connectivity index is 1.53. The molecule has 9 heteroatoms. The highest BCUT2D eigenvalue weighted by molar-refractivity contribution is 8.00. The van der Waals surface area contributed by atoms with Crippen molar-refractivity contribution in [2.75, 3.05) is 11.5 Å². The first kappa shape index (κ1) is 26.4. The minimum Gasteiger partial charge on any atom is -0.507 e. The molecule has 2 heterocycles. The maximum absolute atomic E-state index is 13.4. The van der Waals surface area contributed by atoms with Crippen LogP contribution >= 0.6 is 23.1 Å². The summed E-state index contributed by atoms with van der Waals surface area (Å²) in [6, 6.07) is 23.3. The number of thioether (sulfide) groups is 1. The summed E-state index contributed by atoms with van der Waals surface area (Å²) in [5, 5.41) is 20.1. The summed E-state index contributed by atoms with van der Waals surface area (Å²) >= 11 is 2.74. The molecule has 0 aliphatic carbocycles. The molecule has 0 bridgehead atoms. The minimum absolute atomic E-state index is 0.00250. The second kappa shape index (κ2) is 11.7. The lowest BCUT2D eigenvalue weighted by Gasteiger charge is -2.22. The number of carbonyl (C=O) groups is 2. The van der Waals surface area contributed by atoms with Crippen molar-refractivity contribution in [3.8, 4) is 5.75 Å². The number of ketones is 1. The molecule has 1 saturated heterocycles. The van der Waals surface area contributed by atoms with Gasteiger partial charge in [-0.15, -0.1) is 10.2 Å². The average Bonchev–Trinajstić information content (AvgIpc) is 3.53. The van der Waals surface area contributed by atoms with Crippen LogP contribution in [0.3, 0.4) is 0 Å². The van der Waals surface area contributed by atoms with Gasteiger partial charge in [0.15, 0.2) is 4.34 Å². The van der Waals surface area contributed by atoms with Gasteiger partial charge in [-0.3, -0.25) is 14.5 Å². The third-order valence-electron chi connectivity index (χ3n) is 6.14. The van der Waals surface area contributed by atoms with Gasteiger partial charge in [-0.25, -0.2) is 0 Å². The third-order valence-corrected chi connectivity index (χ3v) is 8.27. The van der Waals surface area contributed by atoms with Gasteiger partial charge < -0.3 is 9.84 Å². The van der Waals surface area contributed by atoms with E-state index < -0.39 is 17.7 Å². The fourth-order valence-electron chi connectivity index (χ4n) is 4.19. The standard InChI is InChI=1S/C30H25N3O4S2/c1-3-17-37-23-15-13-21(14-16-23)25-24(26(34)22-11-9-19(2)10-12-22)27(35)28(36)33(25)29-31-32-30(39-29)38-18-20-7-5-4-6-8-20/h3-16,25,34H,1,17-18H2,2H3/b26-24-. The number of ether oxygens (including phenoxy) is 1. The second-order valence-corrected chi connectivity index (χ2v) is 11.0. The molecular formula is C30H25N3O4S2. The van der Waals surface area contributed by atoms with Crippen LogP contribution in [-0.4, -0.2) is 33.6 Å². The van der Waals surface area contributed by atoms with Gasteiger partial charge in [0.1, 0.15) is 18.1 Å². The van der Waals surface area contributed by atoms with E-state index in [-0.39, 0.29) is 16.5 Å². The van der Waals surface area contributed by atoms with Gasteiger partial charge in [-0.1, -0.05) is 108 Å². The Kier molecular flexibility index (Phi) is 7.90. The summed E-state index contributed by atoms with van der Waals surface area (Å²) in [5.41, 5.74) is 3.22. The van der Waals surface area contributed by atoms with Gasteiger partial charge in [-0.2, -0.15) is 0 Å². The van der Waals surface area contributed by atoms with Crippen LogP contribution in [0, 0.1) is 6.92 Å². The Morgan fingerprint density at radius 1 is 1.05 bits per heavy atom. The molecule has 1 aliphatic heterocycles. The van der Waals surface area contributed by atoms with Gasteiger partial charge in [0, 0.05) is 11.3 Å². The molecule has 4 aromatic rings. The zero-order valence-corrected chi connectivity index (χ0v) is 22.7. The fraction of sp³-hybridized carbons (Fsp3) is 0.133. The highest BCUT2D eigenvalue weighted by Gasteiger charge is 2.48. The lowest BCUT2D eigenvalue weighted by atomic mass is 9.95. The molecule has 1 aromatic heterocycles. The molecule has 1 aliphatic rings. The predicted octanol–water partition coefficient (Wildman–Crippen LogP) is 6.33. The Morgan fingerprint density at radius 2 is 1.77 bits per heavy atom. The van der Waals surface area contributed by atoms with Crippen LogP contribution in [0.25, 0.3) is 5.76 Å². The number of aryl methyl sites for hydroxylation is 1. The summed E-state index contributed by atoms with van der Waals surface area (Å²) < 4.78 is 6.27. The molecule has 1 unspecified atom stereocenters. The minimum atomic E-state index is -0.889. The van der Waals surface area contributed by atoms with Gasteiger partial charge in [0.05, 0.1) is 11.6 Å². The molecule has 1 N–H and O–H groups in total. The van der Waals surface area contributed by atoms with Crippen LogP contribution in [0.1, 0.15) is 28.3 Å². The molecule has 5 rings (SSSR count). The largest absolute Gasteiger partial charge is 0.507 e. The number of nitrogens with zero attached hydrogens (tertiary/aromatic N) is 3. The smallest absolute Gasteiger partial charge is 0.301 e. The number of benzene rings is 3. The van der Waals surface area contributed by atoms with E-state index in [1.165, 1.54) is 28.0 Å². The summed E-state index contributed by atoms with van der Waals surface area (Å²) in [5.74, 6) is -0.479. The molecule has 39 heavy (non-hydrogen) atoms. The Morgan fingerprint density at radius 3 is 2.46 bits per heavy atom. The maximum atomic E-state index is 13.4. The highest BCUT2D eigenvalue weighted by atomic mass is 32.2. The first-order valence-electron chi connectivity index (χ1n) is 12.2. The van der Waals surface area contributed by atoms with E-state index in [1.807, 2.05) is 49.4 Å². The fourth-order valence-corrected chi connectivity index (χ4v) is 6.01. The number of anilines is 1. The van der Waals surface area contributed by atoms with Gasteiger partial charge >= 0.3 is 5.91 Å². The van der Waals surface area contributed by atoms with E-state index in [4.69, 9.17) is 4.74 Å². The average molecular weight is 556 g/mol. The van der Waals surface area contributed by atoms with Crippen molar-refractivity contribution >= 4 is 45.7 Å². The Bertz CT molecular complexity index is 1530. The number of hydrogen-bond acceptors (Lipinski definition) is 8. The zero-order chi connectivity index (χ0) is 27.4. The van der Waals surface area contributed by atoms with Crippen LogP contribution in [0.4, 0.5) is 5.13 Å². The number of aliphatic hydroxyl groups excluding tert-OH is 1. The molecule has 3 aromatic carbocycles. The molecule has 7 nitrogen and oxygen atoms in total. The van der Waals surface area contributed by atoms with Crippen LogP contribution < -0.4 is 9.64 Å². The van der Waals surface area contributed by atoms with Crippen molar-refractivity contribution in [2.24, 2.45) is 0 Å². The van der Waals surface area contributed by atoms with Crippen molar-refractivity contribution < 1.29 is 19.4 Å². The normalized spacial score (nSPS) is 16.4. The lowest BCUT2D eigenvalue weighted by molar-refractivity contribution is -0.132. The number of aliphatic hydroxyl groups is 1. The van der Waals surface area contributed by atoms with Gasteiger partial charge in [0.2, 0.25) is 5.13 Å². The number of rotatable bonds is 9. The SMILES string of the molecule is C=CCOc1ccc(C2/C(=C(/O)c3ccc(C)cc3)C(=O)C(=O)N2c2nnc(SCc3ccccc3)s2)cc1. The molecule has 0 saturated carbocycles. The second-order valence-electron chi connectivity index (χ2n) is 8.83. The van der Waals surface area contributed by atoms with Crippen molar-refractivity contribution in [2.45, 2.75) is 23.1 Å². The molecule has 1 amide bonds. The van der Waals surface area contributed by atoms with Crippen molar-refractivity contribution in [3.05, 3.63) is 119 Å². The van der Waals surface area contributed by atoms with E-state index in [9.17, 15) is 14.7 Å². The van der Waals surface area contributed by atoms with E-state index >= 15 is 0 Å². The van der Waals surface area contributed by atoms with Crippen molar-refractivity contribution in [3.63, 3.8) is 0 Å². The quantitative estimate of drug-likeness (QED) is 0.0644. The summed E-state index contributed by atoms with van der Waals surface area (Å²) in [4.78, 5) is 28.1. The third kappa shape index (κ3) is 5.64. The lowest BCUT2D eigenvalue weighted by Crippen LogP contribution is -2.29. The molecule has 0 radical (unpaired) electrons. The van der Waals surface area contributed by atoms with E-state index in [0.29, 0.717) is 33.6 Å². The molecule has 1 atom stereocenters. The summed E-state index contributed by atoms with van der Waals surface area (Å²) in [6.07, 6.45) is 1.65. The zero-order valence-electron chi connectivity index (χ0n) is 21.1. The first-order chi connectivity index (χ1) is 19.0. The van der Waals surface area contributed by atoms with Gasteiger partial charge in [-0.05, 0) is 30.2 Å². The number of aromatic nitrogens is 2. The van der Waals surface area contributed by atoms with Crippen molar-refractivity contribution in [1.29, 1.82) is 0 Å². The summed E-state index contributed by atoms with van der Waals surface area (Å²) in [6.45, 7) is 5.94. The number of carbonyl (C=O) groups excluding carboxylic acids is 2. The van der Waals surface area contributed by atoms with Crippen LogP contribution in [0.5, 0.6) is 5.75 Å². The van der Waals surface area contributed by atoms with Gasteiger partial charge in [0.25, 0.3) is 5.78 Å². The molecule has 196 valence electrons. The number of amides is 1. The van der Waals surface area contributed by atoms with E-state index in [0.717, 1.165) is 11.1 Å². The molecule has 1 fully saturated rings. The first-order valence-corrected chi connectivity index (χ1v) is 14.0. The van der Waals surface area contributed by atoms with Crippen LogP contribution in [0.2, 0.25) is 0 Å². The molecular weight excluding hydrogens is 530 g/mol. The Labute approximate surface area is 234 Å². The predicted molar refractivity (Wildman–Crippen MR) is 154 cm³/mol. The topological polar surface area (TPSA) is 92.6 Å². The van der Waals surface area contributed by atoms with Crippen molar-refractivity contribution in [1.82, 2.24) is 10.2 Å². The highest BCUT2D eigenvalue weighted by Crippen LogP contribution is 2.44. The van der Waals surface area contributed by atoms with E-state index in [2.05, 4.69) is 16.8 Å².